The van der Waals surface area contributed by atoms with Crippen molar-refractivity contribution < 1.29 is 13.2 Å². The Balaban J connectivity index is 1.36. The number of nitrogens with zero attached hydrogens (tertiary/aromatic N) is 3. The second kappa shape index (κ2) is 10.6. The number of pyridine rings is 1. The molecule has 2 aromatic heterocycles. The first-order valence-corrected chi connectivity index (χ1v) is 13.6. The van der Waals surface area contributed by atoms with E-state index in [0.29, 0.717) is 32.8 Å². The third-order valence-corrected chi connectivity index (χ3v) is 7.42. The minimum atomic E-state index is -3.92. The summed E-state index contributed by atoms with van der Waals surface area (Å²) in [6.45, 7) is -0.527. The molecule has 0 saturated heterocycles. The van der Waals surface area contributed by atoms with Gasteiger partial charge in [-0.15, -0.1) is 0 Å². The van der Waals surface area contributed by atoms with Gasteiger partial charge in [0.25, 0.3) is 0 Å². The molecule has 3 aromatic carbocycles. The number of benzene rings is 2. The molecule has 11 heteroatoms. The molecule has 0 bridgehead atoms. The molecule has 0 aliphatic heterocycles. The molecule has 0 aliphatic rings. The number of hydrogen-bond donors (Lipinski definition) is 3. The Bertz CT molecular complexity index is 1900. The number of sulfonamides is 1. The lowest BCUT2D eigenvalue weighted by Crippen LogP contribution is -2.40. The molecule has 2 heterocycles. The van der Waals surface area contributed by atoms with Crippen LogP contribution in [0.15, 0.2) is 90.1 Å². The SMILES string of the molecule is Cn1cc(-c2cnc3ccc4ccc(CS(=O)(=O)NCC(=O)NC(=N)c5ccccc5)cc4c(=O)c3c2)cn1. The van der Waals surface area contributed by atoms with Crippen LogP contribution >= 0.6 is 0 Å². The van der Waals surface area contributed by atoms with Crippen LogP contribution in [0.3, 0.4) is 0 Å². The van der Waals surface area contributed by atoms with Crippen LogP contribution in [0, 0.1) is 5.41 Å². The van der Waals surface area contributed by atoms with E-state index in [-0.39, 0.29) is 11.3 Å². The smallest absolute Gasteiger partial charge is 0.240 e. The van der Waals surface area contributed by atoms with E-state index in [1.54, 1.807) is 90.9 Å². The molecule has 0 saturated carbocycles. The lowest BCUT2D eigenvalue weighted by molar-refractivity contribution is -0.118. The maximum atomic E-state index is 13.5. The maximum Gasteiger partial charge on any atom is 0.240 e. The number of carbonyl (C=O) groups is 1. The molecule has 196 valence electrons. The summed E-state index contributed by atoms with van der Waals surface area (Å²) in [5.74, 6) is -1.22. The van der Waals surface area contributed by atoms with Crippen molar-refractivity contribution in [1.82, 2.24) is 24.8 Å². The molecule has 1 amide bonds. The summed E-state index contributed by atoms with van der Waals surface area (Å²) >= 11 is 0. The maximum absolute atomic E-state index is 13.5. The zero-order valence-corrected chi connectivity index (χ0v) is 21.7. The number of fused-ring (bicyclic) bond motifs is 2. The van der Waals surface area contributed by atoms with Gasteiger partial charge in [-0.25, -0.2) is 13.1 Å². The minimum Gasteiger partial charge on any atom is -0.310 e. The quantitative estimate of drug-likeness (QED) is 0.214. The van der Waals surface area contributed by atoms with Gasteiger partial charge >= 0.3 is 0 Å². The van der Waals surface area contributed by atoms with Crippen molar-refractivity contribution in [3.05, 3.63) is 107 Å². The molecule has 0 radical (unpaired) electrons. The predicted octanol–water partition coefficient (Wildman–Crippen LogP) is 2.71. The Morgan fingerprint density at radius 2 is 1.74 bits per heavy atom. The third-order valence-electron chi connectivity index (χ3n) is 6.12. The zero-order valence-electron chi connectivity index (χ0n) is 20.9. The first-order valence-electron chi connectivity index (χ1n) is 11.9. The number of amides is 1. The molecule has 0 spiro atoms. The van der Waals surface area contributed by atoms with Crippen LogP contribution < -0.4 is 15.5 Å². The van der Waals surface area contributed by atoms with Crippen molar-refractivity contribution in [2.45, 2.75) is 5.75 Å². The Morgan fingerprint density at radius 1 is 0.974 bits per heavy atom. The highest BCUT2D eigenvalue weighted by Crippen LogP contribution is 2.22. The molecule has 3 N–H and O–H groups in total. The van der Waals surface area contributed by atoms with Crippen LogP contribution in [-0.4, -0.2) is 41.5 Å². The molecule has 5 rings (SSSR count). The number of rotatable bonds is 7. The van der Waals surface area contributed by atoms with Gasteiger partial charge in [-0.1, -0.05) is 48.5 Å². The highest BCUT2D eigenvalue weighted by Gasteiger charge is 2.16. The van der Waals surface area contributed by atoms with Gasteiger partial charge in [0.2, 0.25) is 15.9 Å². The van der Waals surface area contributed by atoms with Crippen LogP contribution in [-0.2, 0) is 27.6 Å². The van der Waals surface area contributed by atoms with Crippen LogP contribution in [0.5, 0.6) is 0 Å². The molecule has 0 atom stereocenters. The number of amidine groups is 1. The second-order valence-electron chi connectivity index (χ2n) is 9.01. The summed E-state index contributed by atoms with van der Waals surface area (Å²) in [5, 5.41) is 15.9. The first-order chi connectivity index (χ1) is 18.7. The molecule has 5 aromatic rings. The summed E-state index contributed by atoms with van der Waals surface area (Å²) in [6, 6.07) is 18.7. The van der Waals surface area contributed by atoms with Gasteiger partial charge in [0.1, 0.15) is 5.84 Å². The summed E-state index contributed by atoms with van der Waals surface area (Å²) in [4.78, 5) is 30.2. The Morgan fingerprint density at radius 3 is 2.49 bits per heavy atom. The van der Waals surface area contributed by atoms with Gasteiger partial charge in [-0.05, 0) is 29.1 Å². The molecule has 0 fully saturated rings. The number of aromatic nitrogens is 3. The van der Waals surface area contributed by atoms with E-state index in [2.05, 4.69) is 20.1 Å². The Kier molecular flexibility index (Phi) is 7.01. The summed E-state index contributed by atoms with van der Waals surface area (Å²) in [5.41, 5.74) is 2.71. The molecule has 0 unspecified atom stereocenters. The monoisotopic (exact) mass is 540 g/mol. The fourth-order valence-electron chi connectivity index (χ4n) is 4.17. The minimum absolute atomic E-state index is 0.126. The first kappa shape index (κ1) is 25.9. The van der Waals surface area contributed by atoms with Crippen LogP contribution in [0.25, 0.3) is 32.8 Å². The van der Waals surface area contributed by atoms with Crippen molar-refractivity contribution in [2.75, 3.05) is 6.54 Å². The number of hydrogen-bond acceptors (Lipinski definition) is 7. The summed E-state index contributed by atoms with van der Waals surface area (Å²) in [7, 11) is -2.11. The van der Waals surface area contributed by atoms with Gasteiger partial charge in [0.15, 0.2) is 5.43 Å². The molecular weight excluding hydrogens is 516 g/mol. The zero-order chi connectivity index (χ0) is 27.6. The van der Waals surface area contributed by atoms with Crippen LogP contribution in [0.4, 0.5) is 0 Å². The van der Waals surface area contributed by atoms with Crippen molar-refractivity contribution in [3.63, 3.8) is 0 Å². The van der Waals surface area contributed by atoms with E-state index in [1.165, 1.54) is 0 Å². The largest absolute Gasteiger partial charge is 0.310 e. The average molecular weight is 541 g/mol. The van der Waals surface area contributed by atoms with E-state index in [1.807, 2.05) is 6.20 Å². The van der Waals surface area contributed by atoms with Gasteiger partial charge in [0, 0.05) is 46.9 Å². The van der Waals surface area contributed by atoms with Gasteiger partial charge in [0.05, 0.1) is 24.0 Å². The van der Waals surface area contributed by atoms with Crippen molar-refractivity contribution in [1.29, 1.82) is 5.41 Å². The van der Waals surface area contributed by atoms with E-state index >= 15 is 0 Å². The molecular formula is C28H24N6O4S. The lowest BCUT2D eigenvalue weighted by Gasteiger charge is -2.09. The fourth-order valence-corrected chi connectivity index (χ4v) is 5.25. The number of aryl methyl sites for hydroxylation is 1. The normalized spacial score (nSPS) is 11.5. The molecule has 0 aliphatic carbocycles. The van der Waals surface area contributed by atoms with Crippen molar-refractivity contribution in [2.24, 2.45) is 7.05 Å². The van der Waals surface area contributed by atoms with Gasteiger partial charge < -0.3 is 5.32 Å². The van der Waals surface area contributed by atoms with E-state index in [4.69, 9.17) is 5.41 Å². The lowest BCUT2D eigenvalue weighted by atomic mass is 10.1. The van der Waals surface area contributed by atoms with Crippen LogP contribution in [0.2, 0.25) is 0 Å². The van der Waals surface area contributed by atoms with E-state index < -0.39 is 28.2 Å². The highest BCUT2D eigenvalue weighted by molar-refractivity contribution is 7.88. The Labute approximate surface area is 223 Å². The molecule has 39 heavy (non-hydrogen) atoms. The van der Waals surface area contributed by atoms with Crippen molar-refractivity contribution in [3.8, 4) is 11.1 Å². The summed E-state index contributed by atoms with van der Waals surface area (Å²) < 4.78 is 29.4. The molecule has 10 nitrogen and oxygen atoms in total. The van der Waals surface area contributed by atoms with Gasteiger partial charge in [-0.3, -0.25) is 24.7 Å². The predicted molar refractivity (Wildman–Crippen MR) is 150 cm³/mol. The topological polar surface area (TPSA) is 147 Å². The average Bonchev–Trinajstić information content (AvgIpc) is 3.31. The Hall–Kier alpha value is -4.74. The fraction of sp³-hybridized carbons (Fsp3) is 0.107. The van der Waals surface area contributed by atoms with Gasteiger partial charge in [-0.2, -0.15) is 5.10 Å². The third kappa shape index (κ3) is 5.89. The van der Waals surface area contributed by atoms with Crippen molar-refractivity contribution >= 4 is 43.4 Å². The summed E-state index contributed by atoms with van der Waals surface area (Å²) in [6.07, 6.45) is 5.20. The number of nitrogens with one attached hydrogen (secondary N) is 3. The van der Waals surface area contributed by atoms with E-state index in [9.17, 15) is 18.0 Å². The van der Waals surface area contributed by atoms with Crippen LogP contribution in [0.1, 0.15) is 11.1 Å². The standard InChI is InChI=1S/C28H24N6O4S/c1-34-16-22(14-31-34)21-12-24-25(30-13-21)10-9-19-8-7-18(11-23(19)27(24)36)17-39(37,38)32-15-26(35)33-28(29)20-5-3-2-4-6-20/h2-14,16,32H,15,17H2,1H3,(H2,29,33,35). The highest BCUT2D eigenvalue weighted by atomic mass is 32.2. The number of carbonyl (C=O) groups excluding carboxylic acids is 1. The second-order valence-corrected chi connectivity index (χ2v) is 10.8. The van der Waals surface area contributed by atoms with E-state index in [0.717, 1.165) is 11.1 Å².